The van der Waals surface area contributed by atoms with Gasteiger partial charge in [-0.2, -0.15) is 15.8 Å². The predicted molar refractivity (Wildman–Crippen MR) is 44.9 cm³/mol. The molecule has 0 aromatic carbocycles. The van der Waals surface area contributed by atoms with Crippen LogP contribution in [0.25, 0.3) is 0 Å². The van der Waals surface area contributed by atoms with Gasteiger partial charge in [0.1, 0.15) is 0 Å². The smallest absolute Gasteiger partial charge is 0.283 e. The lowest BCUT2D eigenvalue weighted by atomic mass is 10.6. The number of amides is 2. The lowest BCUT2D eigenvalue weighted by Gasteiger charge is -1.80. The van der Waals surface area contributed by atoms with Crippen molar-refractivity contribution in [3.05, 3.63) is 12.2 Å². The van der Waals surface area contributed by atoms with Crippen molar-refractivity contribution in [2.24, 2.45) is 0 Å². The van der Waals surface area contributed by atoms with Crippen LogP contribution in [-0.2, 0) is 9.59 Å². The number of aliphatic hydroxyl groups excluding tert-OH is 3. The molecule has 0 aliphatic carbocycles. The number of nitrogens with zero attached hydrogens (tertiary/aromatic N) is 3. The molecule has 0 bridgehead atoms. The molecule has 2 amide bonds. The number of carbonyl (C=O) groups is 2. The summed E-state index contributed by atoms with van der Waals surface area (Å²) < 4.78 is 0. The van der Waals surface area contributed by atoms with Crippen LogP contribution in [0, 0.1) is 34.6 Å². The minimum atomic E-state index is -0.329. The van der Waals surface area contributed by atoms with Gasteiger partial charge in [-0.3, -0.25) is 14.9 Å². The summed E-state index contributed by atoms with van der Waals surface area (Å²) >= 11 is 0. The molecule has 1 aliphatic heterocycles. The zero-order chi connectivity index (χ0) is 13.4. The van der Waals surface area contributed by atoms with Crippen molar-refractivity contribution in [3.63, 3.8) is 0 Å². The Kier molecular flexibility index (Phi) is 20.5. The number of nitriles is 3. The Balaban J connectivity index is -0.000000161. The van der Waals surface area contributed by atoms with Crippen molar-refractivity contribution >= 4 is 11.8 Å². The molecule has 9 heteroatoms. The second-order valence-electron chi connectivity index (χ2n) is 1.49. The molecule has 1 aliphatic rings. The molecule has 4 N–H and O–H groups in total. The van der Waals surface area contributed by atoms with E-state index < -0.39 is 0 Å². The number of hydrogen-bond donors (Lipinski definition) is 4. The molecule has 16 heavy (non-hydrogen) atoms. The molecule has 0 saturated heterocycles. The van der Waals surface area contributed by atoms with Crippen LogP contribution in [0.15, 0.2) is 12.2 Å². The molecule has 1 rings (SSSR count). The van der Waals surface area contributed by atoms with Crippen LogP contribution in [0.3, 0.4) is 0 Å². The summed E-state index contributed by atoms with van der Waals surface area (Å²) in [6, 6.07) is 0. The van der Waals surface area contributed by atoms with Gasteiger partial charge in [0.15, 0.2) is 0 Å². The molecule has 84 valence electrons. The molecular formula is C7H6N4O5. The van der Waals surface area contributed by atoms with Crippen LogP contribution in [0.4, 0.5) is 0 Å². The van der Waals surface area contributed by atoms with E-state index in [-0.39, 0.29) is 11.8 Å². The van der Waals surface area contributed by atoms with Crippen molar-refractivity contribution in [2.45, 2.75) is 0 Å². The van der Waals surface area contributed by atoms with Crippen molar-refractivity contribution in [1.82, 2.24) is 5.32 Å². The highest BCUT2D eigenvalue weighted by molar-refractivity contribution is 6.12. The summed E-state index contributed by atoms with van der Waals surface area (Å²) in [7, 11) is 0. The number of nitrogens with one attached hydrogen (secondary N) is 1. The van der Waals surface area contributed by atoms with Crippen LogP contribution in [0.2, 0.25) is 0 Å². The van der Waals surface area contributed by atoms with Crippen LogP contribution in [0.1, 0.15) is 0 Å². The number of hydrogen-bond acceptors (Lipinski definition) is 8. The van der Waals surface area contributed by atoms with E-state index in [1.54, 1.807) is 0 Å². The minimum absolute atomic E-state index is 0.329. The molecule has 0 aromatic heterocycles. The molecule has 9 nitrogen and oxygen atoms in total. The molecular weight excluding hydrogens is 220 g/mol. The van der Waals surface area contributed by atoms with E-state index in [1.807, 2.05) is 5.32 Å². The van der Waals surface area contributed by atoms with Gasteiger partial charge >= 0.3 is 0 Å². The Labute approximate surface area is 89.7 Å². The second-order valence-corrected chi connectivity index (χ2v) is 1.49. The average Bonchev–Trinajstić information content (AvgIpc) is 2.54. The summed E-state index contributed by atoms with van der Waals surface area (Å²) in [6.45, 7) is 0. The molecule has 0 atom stereocenters. The maximum atomic E-state index is 10.0. The number of imide groups is 1. The first kappa shape index (κ1) is 18.5. The maximum absolute atomic E-state index is 10.0. The van der Waals surface area contributed by atoms with Crippen LogP contribution < -0.4 is 5.32 Å². The van der Waals surface area contributed by atoms with Gasteiger partial charge in [0.25, 0.3) is 30.6 Å². The van der Waals surface area contributed by atoms with Gasteiger partial charge in [0.2, 0.25) is 0 Å². The first-order valence-corrected chi connectivity index (χ1v) is 3.16. The van der Waals surface area contributed by atoms with Gasteiger partial charge in [-0.25, -0.2) is 0 Å². The lowest BCUT2D eigenvalue weighted by molar-refractivity contribution is -0.123. The second kappa shape index (κ2) is 17.7. The summed E-state index contributed by atoms with van der Waals surface area (Å²) in [4.78, 5) is 20.1. The summed E-state index contributed by atoms with van der Waals surface area (Å²) in [6.07, 6.45) is 4.64. The highest BCUT2D eigenvalue weighted by atomic mass is 16.2. The Bertz CT molecular complexity index is 312. The highest BCUT2D eigenvalue weighted by Crippen LogP contribution is 1.82. The Morgan fingerprint density at radius 1 is 0.875 bits per heavy atom. The number of rotatable bonds is 0. The van der Waals surface area contributed by atoms with Gasteiger partial charge in [-0.15, -0.1) is 0 Å². The van der Waals surface area contributed by atoms with Crippen molar-refractivity contribution in [2.75, 3.05) is 0 Å². The Morgan fingerprint density at radius 2 is 1.06 bits per heavy atom. The molecule has 0 radical (unpaired) electrons. The summed E-state index contributed by atoms with van der Waals surface area (Å²) in [5, 5.41) is 43.3. The molecule has 0 aromatic rings. The monoisotopic (exact) mass is 226 g/mol. The molecule has 1 heterocycles. The van der Waals surface area contributed by atoms with Gasteiger partial charge < -0.3 is 15.3 Å². The topological polar surface area (TPSA) is 178 Å². The van der Waals surface area contributed by atoms with Crippen molar-refractivity contribution in [1.29, 1.82) is 15.8 Å². The van der Waals surface area contributed by atoms with Crippen LogP contribution in [-0.4, -0.2) is 27.1 Å². The van der Waals surface area contributed by atoms with E-state index in [2.05, 4.69) is 0 Å². The van der Waals surface area contributed by atoms with Gasteiger partial charge in [-0.05, 0) is 0 Å². The summed E-state index contributed by atoms with van der Waals surface area (Å²) in [5.74, 6) is -0.657. The first-order valence-electron chi connectivity index (χ1n) is 3.16. The van der Waals surface area contributed by atoms with E-state index in [1.165, 1.54) is 12.2 Å². The third-order valence-electron chi connectivity index (χ3n) is 0.632. The SMILES string of the molecule is N#CO.N#CO.N#CO.O=C1C=CC(=O)N1. The van der Waals surface area contributed by atoms with E-state index in [4.69, 9.17) is 31.1 Å². The molecule has 0 saturated carbocycles. The number of aliphatic hydroxyl groups is 3. The zero-order valence-electron chi connectivity index (χ0n) is 7.65. The first-order chi connectivity index (χ1) is 7.53. The maximum Gasteiger partial charge on any atom is 0.283 e. The standard InChI is InChI=1S/C4H3NO2.3CHNO/c6-3-1-2-4(7)5-3;3*2-1-3/h1-2H,(H,5,6,7);3*3H. The predicted octanol–water partition coefficient (Wildman–Crippen LogP) is -1.28. The fourth-order valence-corrected chi connectivity index (χ4v) is 0.356. The van der Waals surface area contributed by atoms with E-state index in [0.29, 0.717) is 0 Å². The van der Waals surface area contributed by atoms with Crippen molar-refractivity contribution < 1.29 is 24.9 Å². The van der Waals surface area contributed by atoms with E-state index in [0.717, 1.165) is 18.8 Å². The zero-order valence-corrected chi connectivity index (χ0v) is 7.65. The number of carbonyl (C=O) groups excluding carboxylic acids is 2. The van der Waals surface area contributed by atoms with Crippen LogP contribution in [0.5, 0.6) is 0 Å². The summed E-state index contributed by atoms with van der Waals surface area (Å²) in [5.41, 5.74) is 0. The third-order valence-corrected chi connectivity index (χ3v) is 0.632. The highest BCUT2D eigenvalue weighted by Gasteiger charge is 2.06. The Hall–Kier alpha value is -3.25. The average molecular weight is 226 g/mol. The third kappa shape index (κ3) is 30.9. The lowest BCUT2D eigenvalue weighted by Crippen LogP contribution is -2.19. The fraction of sp³-hybridized carbons (Fsp3) is 0. The van der Waals surface area contributed by atoms with Gasteiger partial charge in [-0.1, -0.05) is 0 Å². The van der Waals surface area contributed by atoms with Crippen LogP contribution >= 0.6 is 0 Å². The van der Waals surface area contributed by atoms with Gasteiger partial charge in [0.05, 0.1) is 0 Å². The molecule has 0 spiro atoms. The largest absolute Gasteiger partial charge is 0.443 e. The van der Waals surface area contributed by atoms with E-state index in [9.17, 15) is 9.59 Å². The van der Waals surface area contributed by atoms with Gasteiger partial charge in [0, 0.05) is 12.2 Å². The Morgan fingerprint density at radius 3 is 1.12 bits per heavy atom. The minimum Gasteiger partial charge on any atom is -0.443 e. The quantitative estimate of drug-likeness (QED) is 0.291. The fourth-order valence-electron chi connectivity index (χ4n) is 0.356. The molecule has 0 fully saturated rings. The molecule has 0 unspecified atom stereocenters. The normalized spacial score (nSPS) is 9.06. The van der Waals surface area contributed by atoms with Crippen molar-refractivity contribution in [3.8, 4) is 18.8 Å². The van der Waals surface area contributed by atoms with E-state index >= 15 is 0 Å².